The molecular weight excluding hydrogens is 514 g/mol. The Morgan fingerprint density at radius 2 is 2.08 bits per heavy atom. The van der Waals surface area contributed by atoms with Gasteiger partial charge in [0.15, 0.2) is 10.8 Å². The zero-order chi connectivity index (χ0) is 25.5. The fourth-order valence-electron chi connectivity index (χ4n) is 4.64. The number of nitrogens with one attached hydrogen (secondary N) is 3. The predicted molar refractivity (Wildman–Crippen MR) is 140 cm³/mol. The Bertz CT molecular complexity index is 1520. The Morgan fingerprint density at radius 1 is 1.24 bits per heavy atom. The highest BCUT2D eigenvalue weighted by molar-refractivity contribution is 7.99. The second-order valence-corrected chi connectivity index (χ2v) is 10.6. The maximum absolute atomic E-state index is 12.3. The molecule has 0 radical (unpaired) electrons. The smallest absolute Gasteiger partial charge is 0.242 e. The summed E-state index contributed by atoms with van der Waals surface area (Å²) in [6.45, 7) is 4.03. The van der Waals surface area contributed by atoms with Crippen molar-refractivity contribution >= 4 is 63.2 Å². The zero-order valence-corrected chi connectivity index (χ0v) is 21.6. The van der Waals surface area contributed by atoms with E-state index in [1.165, 1.54) is 11.8 Å². The number of aromatic nitrogens is 6. The largest absolute Gasteiger partial charge is 0.355 e. The molecule has 3 N–H and O–H groups in total. The fourth-order valence-corrected chi connectivity index (χ4v) is 5.75. The van der Waals surface area contributed by atoms with Crippen molar-refractivity contribution < 1.29 is 9.59 Å². The van der Waals surface area contributed by atoms with Crippen molar-refractivity contribution in [1.29, 1.82) is 0 Å². The van der Waals surface area contributed by atoms with Gasteiger partial charge in [-0.1, -0.05) is 18.5 Å². The van der Waals surface area contributed by atoms with Crippen LogP contribution < -0.4 is 15.5 Å². The van der Waals surface area contributed by atoms with Gasteiger partial charge < -0.3 is 20.5 Å². The summed E-state index contributed by atoms with van der Waals surface area (Å²) < 4.78 is 0. The lowest BCUT2D eigenvalue weighted by Gasteiger charge is -2.40. The Hall–Kier alpha value is -3.51. The second kappa shape index (κ2) is 9.75. The summed E-state index contributed by atoms with van der Waals surface area (Å²) in [7, 11) is 0. The van der Waals surface area contributed by atoms with Crippen molar-refractivity contribution in [3.8, 4) is 0 Å². The van der Waals surface area contributed by atoms with E-state index >= 15 is 0 Å². The molecule has 13 heteroatoms. The minimum atomic E-state index is -0.425. The Balaban J connectivity index is 1.21. The Labute approximate surface area is 221 Å². The van der Waals surface area contributed by atoms with Gasteiger partial charge in [0.1, 0.15) is 23.0 Å². The van der Waals surface area contributed by atoms with Crippen LogP contribution in [0, 0.1) is 5.92 Å². The normalized spacial score (nSPS) is 17.8. The number of aryl methyl sites for hydroxylation is 1. The molecule has 2 aliphatic heterocycles. The highest BCUT2D eigenvalue weighted by atomic mass is 35.5. The number of carbonyl (C=O) groups excluding carboxylic acids is 2. The van der Waals surface area contributed by atoms with Crippen molar-refractivity contribution in [3.63, 3.8) is 0 Å². The third kappa shape index (κ3) is 4.66. The van der Waals surface area contributed by atoms with Gasteiger partial charge in [0, 0.05) is 61.2 Å². The molecule has 2 aliphatic rings. The van der Waals surface area contributed by atoms with E-state index < -0.39 is 6.04 Å². The van der Waals surface area contributed by atoms with E-state index in [0.717, 1.165) is 41.3 Å². The third-order valence-corrected chi connectivity index (χ3v) is 7.86. The van der Waals surface area contributed by atoms with Gasteiger partial charge in [-0.15, -0.1) is 0 Å². The van der Waals surface area contributed by atoms with E-state index in [0.29, 0.717) is 46.4 Å². The molecule has 2 saturated heterocycles. The number of pyridine rings is 1. The summed E-state index contributed by atoms with van der Waals surface area (Å²) >= 11 is 8.13. The number of fused-ring (bicyclic) bond motifs is 2. The van der Waals surface area contributed by atoms with Crippen molar-refractivity contribution in [1.82, 2.24) is 40.5 Å². The second-order valence-electron chi connectivity index (χ2n) is 9.17. The minimum absolute atomic E-state index is 0.0707. The number of anilines is 1. The third-order valence-electron chi connectivity index (χ3n) is 6.62. The molecule has 0 aromatic carbocycles. The highest BCUT2D eigenvalue weighted by Crippen LogP contribution is 2.38. The summed E-state index contributed by atoms with van der Waals surface area (Å²) in [5.74, 6) is 0.849. The lowest BCUT2D eigenvalue weighted by atomic mass is 9.99. The number of aromatic amines is 1. The van der Waals surface area contributed by atoms with Crippen LogP contribution in [0.2, 0.25) is 5.02 Å². The molecule has 37 heavy (non-hydrogen) atoms. The van der Waals surface area contributed by atoms with E-state index in [2.05, 4.69) is 35.5 Å². The van der Waals surface area contributed by atoms with E-state index in [1.807, 2.05) is 13.0 Å². The van der Waals surface area contributed by atoms with Crippen molar-refractivity contribution in [2.75, 3.05) is 24.5 Å². The number of rotatable bonds is 7. The quantitative estimate of drug-likeness (QED) is 0.303. The van der Waals surface area contributed by atoms with Gasteiger partial charge in [-0.05, 0) is 30.7 Å². The van der Waals surface area contributed by atoms with E-state index in [1.54, 1.807) is 18.6 Å². The monoisotopic (exact) mass is 537 g/mol. The first-order valence-corrected chi connectivity index (χ1v) is 13.3. The molecule has 0 bridgehead atoms. The first-order chi connectivity index (χ1) is 18.0. The number of amides is 2. The minimum Gasteiger partial charge on any atom is -0.355 e. The number of hydrogen-bond acceptors (Lipinski definition) is 9. The lowest BCUT2D eigenvalue weighted by molar-refractivity contribution is -0.125. The summed E-state index contributed by atoms with van der Waals surface area (Å²) in [6.07, 6.45) is 6.69. The van der Waals surface area contributed by atoms with Crippen LogP contribution in [0.5, 0.6) is 0 Å². The van der Waals surface area contributed by atoms with Gasteiger partial charge in [0.05, 0.1) is 10.4 Å². The molecular formula is C24H24ClN9O2S. The van der Waals surface area contributed by atoms with Crippen molar-refractivity contribution in [3.05, 3.63) is 35.4 Å². The van der Waals surface area contributed by atoms with E-state index in [-0.39, 0.29) is 17.7 Å². The molecule has 6 rings (SSSR count). The maximum atomic E-state index is 12.3. The number of carbonyl (C=O) groups is 2. The van der Waals surface area contributed by atoms with Gasteiger partial charge in [-0.2, -0.15) is 0 Å². The number of nitrogens with zero attached hydrogens (tertiary/aromatic N) is 6. The van der Waals surface area contributed by atoms with Gasteiger partial charge in [0.2, 0.25) is 11.8 Å². The van der Waals surface area contributed by atoms with Crippen LogP contribution in [0.1, 0.15) is 25.5 Å². The van der Waals surface area contributed by atoms with Crippen LogP contribution in [0.15, 0.2) is 34.7 Å². The summed E-state index contributed by atoms with van der Waals surface area (Å²) in [5, 5.41) is 7.70. The Morgan fingerprint density at radius 3 is 2.86 bits per heavy atom. The summed E-state index contributed by atoms with van der Waals surface area (Å²) in [6, 6.07) is 1.49. The zero-order valence-electron chi connectivity index (χ0n) is 20.0. The van der Waals surface area contributed by atoms with Gasteiger partial charge >= 0.3 is 0 Å². The average molecular weight is 538 g/mol. The fraction of sp³-hybridized carbons (Fsp3) is 0.375. The molecule has 11 nitrogen and oxygen atoms in total. The molecule has 0 aliphatic carbocycles. The van der Waals surface area contributed by atoms with Crippen LogP contribution in [-0.4, -0.2) is 67.4 Å². The topological polar surface area (TPSA) is 142 Å². The maximum Gasteiger partial charge on any atom is 0.242 e. The van der Waals surface area contributed by atoms with Crippen LogP contribution in [0.25, 0.3) is 22.2 Å². The molecule has 2 amide bonds. The molecule has 2 fully saturated rings. The number of halogens is 1. The van der Waals surface area contributed by atoms with Gasteiger partial charge in [-0.25, -0.2) is 19.9 Å². The molecule has 4 aromatic heterocycles. The van der Waals surface area contributed by atoms with Crippen LogP contribution in [0.3, 0.4) is 0 Å². The van der Waals surface area contributed by atoms with E-state index in [9.17, 15) is 9.59 Å². The highest BCUT2D eigenvalue weighted by Gasteiger charge is 2.33. The number of hydrogen-bond donors (Lipinski definition) is 3. The Kier molecular flexibility index (Phi) is 6.29. The number of H-pyrrole nitrogens is 1. The lowest BCUT2D eigenvalue weighted by Crippen LogP contribution is -2.53. The molecule has 0 unspecified atom stereocenters. The van der Waals surface area contributed by atoms with Crippen LogP contribution in [-0.2, 0) is 16.0 Å². The molecule has 1 atom stereocenters. The predicted octanol–water partition coefficient (Wildman–Crippen LogP) is 2.49. The average Bonchev–Trinajstić information content (AvgIpc) is 3.45. The summed E-state index contributed by atoms with van der Waals surface area (Å²) in [4.78, 5) is 52.7. The molecule has 0 spiro atoms. The van der Waals surface area contributed by atoms with Crippen molar-refractivity contribution in [2.45, 2.75) is 42.3 Å². The van der Waals surface area contributed by atoms with Gasteiger partial charge in [-0.3, -0.25) is 14.6 Å². The standard InChI is InChI=1S/C24H24ClN9O2S/c1-2-14-19(25)18-21(31-14)32-24(37-13-7-16-20(28-9-13)27-6-5-26-16)33-22(18)34-10-12(11-34)8-29-23(36)15-3-4-17(35)30-15/h5-7,9,12,15H,2-4,8,10-11H2,1H3,(H,29,36)(H,30,35)(H,31,32,33)/t15-/m1/s1. The van der Waals surface area contributed by atoms with Crippen LogP contribution in [0.4, 0.5) is 5.82 Å². The van der Waals surface area contributed by atoms with Crippen LogP contribution >= 0.6 is 23.4 Å². The summed E-state index contributed by atoms with van der Waals surface area (Å²) in [5.41, 5.74) is 2.90. The SMILES string of the molecule is CCc1[nH]c2nc(Sc3cnc4nccnc4c3)nc(N3CC(CNC(=O)[C@H]4CCC(=O)N4)C3)c2c1Cl. The molecule has 4 aromatic rings. The molecule has 6 heterocycles. The molecule has 190 valence electrons. The first-order valence-electron chi connectivity index (χ1n) is 12.1. The van der Waals surface area contributed by atoms with Gasteiger partial charge in [0.25, 0.3) is 0 Å². The first kappa shape index (κ1) is 23.9. The van der Waals surface area contributed by atoms with Crippen molar-refractivity contribution in [2.24, 2.45) is 5.92 Å². The molecule has 0 saturated carbocycles. The van der Waals surface area contributed by atoms with E-state index in [4.69, 9.17) is 21.6 Å².